The average Bonchev–Trinajstić information content (AvgIpc) is 3.33. The van der Waals surface area contributed by atoms with Crippen molar-refractivity contribution in [3.8, 4) is 11.5 Å². The fourth-order valence-corrected chi connectivity index (χ4v) is 6.47. The van der Waals surface area contributed by atoms with Crippen molar-refractivity contribution < 1.29 is 32.3 Å². The second-order valence-corrected chi connectivity index (χ2v) is 12.9. The Morgan fingerprint density at radius 3 is 2.21 bits per heavy atom. The molecule has 244 valence electrons. The second kappa shape index (κ2) is 13.2. The molecule has 0 bridgehead atoms. The Morgan fingerprint density at radius 1 is 0.854 bits per heavy atom. The van der Waals surface area contributed by atoms with Crippen molar-refractivity contribution >= 4 is 50.0 Å². The number of amides is 3. The monoisotopic (exact) mass is 664 g/mol. The number of carbonyl (C=O) groups excluding carboxylic acids is 3. The Bertz CT molecular complexity index is 2120. The summed E-state index contributed by atoms with van der Waals surface area (Å²) in [7, 11) is -4.21. The van der Waals surface area contributed by atoms with Crippen molar-refractivity contribution in [2.75, 3.05) is 16.8 Å². The summed E-state index contributed by atoms with van der Waals surface area (Å²) < 4.78 is 40.3. The van der Waals surface area contributed by atoms with Crippen LogP contribution in [-0.4, -0.2) is 43.8 Å². The van der Waals surface area contributed by atoms with E-state index >= 15 is 0 Å². The van der Waals surface area contributed by atoms with E-state index in [0.717, 1.165) is 4.90 Å². The summed E-state index contributed by atoms with van der Waals surface area (Å²) in [6, 6.07) is 24.8. The zero-order chi connectivity index (χ0) is 34.0. The van der Waals surface area contributed by atoms with Gasteiger partial charge in [-0.3, -0.25) is 14.4 Å². The van der Waals surface area contributed by atoms with Crippen LogP contribution in [0.2, 0.25) is 0 Å². The Labute approximate surface area is 277 Å². The largest absolute Gasteiger partial charge is 0.490 e. The molecule has 0 saturated carbocycles. The van der Waals surface area contributed by atoms with Gasteiger partial charge in [0.1, 0.15) is 6.04 Å². The Hall–Kier alpha value is -5.75. The molecule has 3 amide bonds. The Balaban J connectivity index is 1.37. The Kier molecular flexibility index (Phi) is 8.83. The molecule has 4 aromatic carbocycles. The van der Waals surface area contributed by atoms with Crippen LogP contribution in [-0.2, 0) is 14.8 Å². The molecule has 1 aliphatic heterocycles. The molecule has 11 nitrogen and oxygen atoms in total. The van der Waals surface area contributed by atoms with E-state index in [9.17, 15) is 22.8 Å². The molecule has 1 atom stereocenters. The fourth-order valence-electron chi connectivity index (χ4n) is 5.45. The van der Waals surface area contributed by atoms with Gasteiger partial charge in [0.25, 0.3) is 27.7 Å². The number of carbonyl (C=O) groups is 3. The molecule has 2 N–H and O–H groups in total. The van der Waals surface area contributed by atoms with E-state index < -0.39 is 33.8 Å². The van der Waals surface area contributed by atoms with Crippen LogP contribution in [0.1, 0.15) is 53.1 Å². The van der Waals surface area contributed by atoms with Gasteiger partial charge in [-0.1, -0.05) is 36.4 Å². The van der Waals surface area contributed by atoms with Gasteiger partial charge in [0.2, 0.25) is 0 Å². The summed E-state index contributed by atoms with van der Waals surface area (Å²) in [5.41, 5.74) is 1.47. The van der Waals surface area contributed by atoms with Crippen LogP contribution in [0.4, 0.5) is 11.5 Å². The van der Waals surface area contributed by atoms with Gasteiger partial charge >= 0.3 is 0 Å². The SMILES string of the molecule is CCOc1cc(C(Nc2ccc3c(N4C(=O)c5ccccc5C4=O)nccc3c2)C(=O)NS(=O)(=O)c2ccccc2)ccc1OC(C)C. The van der Waals surface area contributed by atoms with Gasteiger partial charge in [-0.25, -0.2) is 23.0 Å². The topological polar surface area (TPSA) is 144 Å². The number of benzene rings is 4. The molecule has 48 heavy (non-hydrogen) atoms. The van der Waals surface area contributed by atoms with Crippen molar-refractivity contribution in [1.82, 2.24) is 9.71 Å². The predicted molar refractivity (Wildman–Crippen MR) is 181 cm³/mol. The molecule has 2 heterocycles. The number of fused-ring (bicyclic) bond motifs is 2. The van der Waals surface area contributed by atoms with Gasteiger partial charge in [0.05, 0.1) is 28.7 Å². The van der Waals surface area contributed by atoms with Crippen LogP contribution in [0.3, 0.4) is 0 Å². The number of nitrogens with zero attached hydrogens (tertiary/aromatic N) is 2. The number of hydrogen-bond acceptors (Lipinski definition) is 9. The van der Waals surface area contributed by atoms with Crippen LogP contribution in [0.15, 0.2) is 108 Å². The maximum atomic E-state index is 13.8. The van der Waals surface area contributed by atoms with Crippen LogP contribution in [0, 0.1) is 0 Å². The van der Waals surface area contributed by atoms with Gasteiger partial charge in [-0.15, -0.1) is 0 Å². The molecule has 0 saturated heterocycles. The summed E-state index contributed by atoms with van der Waals surface area (Å²) in [4.78, 5) is 45.6. The quantitative estimate of drug-likeness (QED) is 0.166. The highest BCUT2D eigenvalue weighted by Crippen LogP contribution is 2.36. The lowest BCUT2D eigenvalue weighted by atomic mass is 10.0. The minimum absolute atomic E-state index is 0.0633. The van der Waals surface area contributed by atoms with E-state index in [1.807, 2.05) is 20.8 Å². The van der Waals surface area contributed by atoms with Gasteiger partial charge in [0.15, 0.2) is 17.3 Å². The molecule has 1 unspecified atom stereocenters. The van der Waals surface area contributed by atoms with Crippen molar-refractivity contribution in [2.45, 2.75) is 37.8 Å². The number of sulfonamides is 1. The molecule has 1 aromatic heterocycles. The van der Waals surface area contributed by atoms with E-state index in [1.165, 1.54) is 18.3 Å². The lowest BCUT2D eigenvalue weighted by molar-refractivity contribution is -0.120. The smallest absolute Gasteiger partial charge is 0.267 e. The standard InChI is InChI=1S/C36H32N4O7S/c1-4-46-31-21-24(14-17-30(31)47-22(2)3)32(34(41)39-48(44,45)26-10-6-5-7-11-26)38-25-15-16-27-23(20-25)18-19-37-33(27)40-35(42)28-12-8-9-13-29(28)36(40)43/h5-22,32,38H,4H2,1-3H3,(H,39,41). The van der Waals surface area contributed by atoms with E-state index in [0.29, 0.717) is 51.3 Å². The van der Waals surface area contributed by atoms with Gasteiger partial charge in [0, 0.05) is 17.3 Å². The number of pyridine rings is 1. The molecular formula is C36H32N4O7S. The number of rotatable bonds is 11. The fraction of sp³-hybridized carbons (Fsp3) is 0.167. The number of aromatic nitrogens is 1. The normalized spacial score (nSPS) is 13.4. The highest BCUT2D eigenvalue weighted by molar-refractivity contribution is 7.90. The molecular weight excluding hydrogens is 632 g/mol. The first kappa shape index (κ1) is 32.2. The van der Waals surface area contributed by atoms with E-state index in [2.05, 4.69) is 15.0 Å². The summed E-state index contributed by atoms with van der Waals surface area (Å²) in [6.45, 7) is 5.91. The van der Waals surface area contributed by atoms with E-state index in [4.69, 9.17) is 9.47 Å². The molecule has 12 heteroatoms. The molecule has 0 radical (unpaired) electrons. The highest BCUT2D eigenvalue weighted by atomic mass is 32.2. The molecule has 1 aliphatic rings. The highest BCUT2D eigenvalue weighted by Gasteiger charge is 2.38. The van der Waals surface area contributed by atoms with Gasteiger partial charge in [-0.2, -0.15) is 0 Å². The van der Waals surface area contributed by atoms with Crippen LogP contribution in [0.5, 0.6) is 11.5 Å². The first-order valence-electron chi connectivity index (χ1n) is 15.3. The van der Waals surface area contributed by atoms with Crippen LogP contribution >= 0.6 is 0 Å². The van der Waals surface area contributed by atoms with Crippen LogP contribution < -0.4 is 24.4 Å². The lowest BCUT2D eigenvalue weighted by Crippen LogP contribution is -2.37. The van der Waals surface area contributed by atoms with Crippen molar-refractivity contribution in [2.24, 2.45) is 0 Å². The van der Waals surface area contributed by atoms with E-state index in [-0.39, 0.29) is 16.8 Å². The van der Waals surface area contributed by atoms with Crippen LogP contribution in [0.25, 0.3) is 10.8 Å². The summed E-state index contributed by atoms with van der Waals surface area (Å²) in [5, 5.41) is 4.32. The molecule has 0 fully saturated rings. The molecule has 6 rings (SSSR count). The summed E-state index contributed by atoms with van der Waals surface area (Å²) in [6.07, 6.45) is 1.35. The summed E-state index contributed by atoms with van der Waals surface area (Å²) >= 11 is 0. The minimum Gasteiger partial charge on any atom is -0.490 e. The van der Waals surface area contributed by atoms with E-state index in [1.54, 1.807) is 84.9 Å². The number of nitrogens with one attached hydrogen (secondary N) is 2. The third-order valence-corrected chi connectivity index (χ3v) is 8.94. The lowest BCUT2D eigenvalue weighted by Gasteiger charge is -2.22. The third kappa shape index (κ3) is 6.29. The molecule has 0 spiro atoms. The summed E-state index contributed by atoms with van der Waals surface area (Å²) in [5.74, 6) is -0.723. The maximum absolute atomic E-state index is 13.8. The predicted octanol–water partition coefficient (Wildman–Crippen LogP) is 5.88. The van der Waals surface area contributed by atoms with Gasteiger partial charge in [-0.05, 0) is 92.4 Å². The zero-order valence-electron chi connectivity index (χ0n) is 26.3. The number of hydrogen-bond donors (Lipinski definition) is 2. The second-order valence-electron chi connectivity index (χ2n) is 11.2. The van der Waals surface area contributed by atoms with Crippen molar-refractivity contribution in [1.29, 1.82) is 0 Å². The average molecular weight is 665 g/mol. The maximum Gasteiger partial charge on any atom is 0.267 e. The number of anilines is 2. The first-order chi connectivity index (χ1) is 23.1. The Morgan fingerprint density at radius 2 is 1.54 bits per heavy atom. The van der Waals surface area contributed by atoms with Gasteiger partial charge < -0.3 is 14.8 Å². The van der Waals surface area contributed by atoms with Crippen molar-refractivity contribution in [3.63, 3.8) is 0 Å². The third-order valence-electron chi connectivity index (χ3n) is 7.57. The minimum atomic E-state index is -4.21. The van der Waals surface area contributed by atoms with Crippen molar-refractivity contribution in [3.05, 3.63) is 120 Å². The first-order valence-corrected chi connectivity index (χ1v) is 16.7. The molecule has 0 aliphatic carbocycles. The number of imide groups is 1. The zero-order valence-corrected chi connectivity index (χ0v) is 27.2. The molecule has 5 aromatic rings. The number of ether oxygens (including phenoxy) is 2.